The fraction of sp³-hybridized carbons (Fsp3) is 0.241. The third-order valence-electron chi connectivity index (χ3n) is 6.46. The van der Waals surface area contributed by atoms with Crippen molar-refractivity contribution in [1.82, 2.24) is 9.55 Å². The number of aliphatic carboxylic acids is 1. The Morgan fingerprint density at radius 2 is 1.69 bits per heavy atom. The molecule has 5 rings (SSSR count). The molecule has 6 heteroatoms. The minimum absolute atomic E-state index is 0.0220. The molecular weight excluding hydrogens is 440 g/mol. The zero-order valence-corrected chi connectivity index (χ0v) is 19.4. The lowest BCUT2D eigenvalue weighted by Gasteiger charge is -2.26. The second kappa shape index (κ2) is 10.5. The number of carboxylic acid groups (broad SMARTS) is 1. The molecule has 0 aliphatic heterocycles. The third-order valence-corrected chi connectivity index (χ3v) is 6.46. The Morgan fingerprint density at radius 1 is 0.971 bits per heavy atom. The molecular formula is C29H28N2O4. The minimum Gasteiger partial charge on any atom is -0.482 e. The van der Waals surface area contributed by atoms with E-state index >= 15 is 0 Å². The number of rotatable bonds is 9. The number of ether oxygens (including phenoxy) is 2. The number of aromatic nitrogens is 2. The summed E-state index contributed by atoms with van der Waals surface area (Å²) in [5, 5.41) is 8.82. The molecule has 3 aromatic carbocycles. The van der Waals surface area contributed by atoms with E-state index in [0.717, 1.165) is 19.3 Å². The molecule has 4 aromatic rings. The van der Waals surface area contributed by atoms with Crippen LogP contribution < -0.4 is 9.47 Å². The highest BCUT2D eigenvalue weighted by atomic mass is 16.5. The van der Waals surface area contributed by atoms with Crippen LogP contribution in [0.2, 0.25) is 0 Å². The number of carboxylic acids is 1. The predicted octanol–water partition coefficient (Wildman–Crippen LogP) is 5.17. The molecule has 0 amide bonds. The lowest BCUT2D eigenvalue weighted by molar-refractivity contribution is -0.139. The standard InChI is InChI=1S/C29H28N2O4/c32-27(33)20-34-26-14-13-24-17-21(11-12-25(24)18-26)19-35-29-30-15-16-31(29)28(22-7-3-1-4-8-22)23-9-5-2-6-10-23/h1-10,13-16,18,21,28H,11-12,17,19-20H2,(H,32,33). The van der Waals surface area contributed by atoms with Crippen LogP contribution in [-0.2, 0) is 17.6 Å². The molecule has 0 bridgehead atoms. The van der Waals surface area contributed by atoms with Crippen LogP contribution in [0.1, 0.15) is 34.7 Å². The second-order valence-corrected chi connectivity index (χ2v) is 8.87. The molecule has 1 atom stereocenters. The first-order chi connectivity index (χ1) is 17.2. The van der Waals surface area contributed by atoms with Gasteiger partial charge in [-0.15, -0.1) is 0 Å². The van der Waals surface area contributed by atoms with Crippen LogP contribution in [0.4, 0.5) is 0 Å². The van der Waals surface area contributed by atoms with E-state index in [4.69, 9.17) is 14.6 Å². The summed E-state index contributed by atoms with van der Waals surface area (Å²) in [4.78, 5) is 15.3. The van der Waals surface area contributed by atoms with Crippen LogP contribution in [0, 0.1) is 5.92 Å². The number of aryl methyl sites for hydroxylation is 1. The van der Waals surface area contributed by atoms with Crippen LogP contribution >= 0.6 is 0 Å². The highest BCUT2D eigenvalue weighted by molar-refractivity contribution is 5.68. The second-order valence-electron chi connectivity index (χ2n) is 8.87. The fourth-order valence-corrected chi connectivity index (χ4v) is 4.77. The van der Waals surface area contributed by atoms with Crippen LogP contribution in [0.15, 0.2) is 91.3 Å². The van der Waals surface area contributed by atoms with Gasteiger partial charge in [0.2, 0.25) is 0 Å². The summed E-state index contributed by atoms with van der Waals surface area (Å²) in [5.41, 5.74) is 4.84. The topological polar surface area (TPSA) is 73.6 Å². The first-order valence-corrected chi connectivity index (χ1v) is 11.9. The molecule has 0 radical (unpaired) electrons. The zero-order chi connectivity index (χ0) is 24.0. The smallest absolute Gasteiger partial charge is 0.341 e. The van der Waals surface area contributed by atoms with E-state index < -0.39 is 5.97 Å². The van der Waals surface area contributed by atoms with Crippen molar-refractivity contribution >= 4 is 5.97 Å². The zero-order valence-electron chi connectivity index (χ0n) is 19.4. The average Bonchev–Trinajstić information content (AvgIpc) is 3.35. The molecule has 6 nitrogen and oxygen atoms in total. The van der Waals surface area contributed by atoms with Crippen LogP contribution in [-0.4, -0.2) is 33.8 Å². The van der Waals surface area contributed by atoms with Crippen molar-refractivity contribution in [2.24, 2.45) is 5.92 Å². The first kappa shape index (κ1) is 22.7. The molecule has 0 saturated heterocycles. The molecule has 0 spiro atoms. The third kappa shape index (κ3) is 5.38. The van der Waals surface area contributed by atoms with Crippen LogP contribution in [0.25, 0.3) is 0 Å². The summed E-state index contributed by atoms with van der Waals surface area (Å²) in [6, 6.07) is 27.3. The normalized spacial score (nSPS) is 14.9. The SMILES string of the molecule is O=C(O)COc1ccc2c(c1)CCC(COc1nccn1C(c1ccccc1)c1ccccc1)C2. The first-order valence-electron chi connectivity index (χ1n) is 11.9. The molecule has 1 aliphatic rings. The maximum atomic E-state index is 10.8. The number of fused-ring (bicyclic) bond motifs is 1. The summed E-state index contributed by atoms with van der Waals surface area (Å²) in [6.07, 6.45) is 6.60. The van der Waals surface area contributed by atoms with Gasteiger partial charge in [-0.3, -0.25) is 4.57 Å². The van der Waals surface area contributed by atoms with Gasteiger partial charge in [-0.05, 0) is 59.6 Å². The quantitative estimate of drug-likeness (QED) is 0.367. The van der Waals surface area contributed by atoms with E-state index in [0.29, 0.717) is 24.3 Å². The predicted molar refractivity (Wildman–Crippen MR) is 133 cm³/mol. The van der Waals surface area contributed by atoms with E-state index in [2.05, 4.69) is 58.1 Å². The fourth-order valence-electron chi connectivity index (χ4n) is 4.77. The Balaban J connectivity index is 1.29. The van der Waals surface area contributed by atoms with Gasteiger partial charge in [0, 0.05) is 12.4 Å². The summed E-state index contributed by atoms with van der Waals surface area (Å²) >= 11 is 0. The van der Waals surface area contributed by atoms with Gasteiger partial charge < -0.3 is 14.6 Å². The number of carbonyl (C=O) groups is 1. The Kier molecular flexibility index (Phi) is 6.80. The molecule has 1 N–H and O–H groups in total. The van der Waals surface area contributed by atoms with Gasteiger partial charge in [-0.1, -0.05) is 66.7 Å². The van der Waals surface area contributed by atoms with Gasteiger partial charge in [0.25, 0.3) is 6.01 Å². The van der Waals surface area contributed by atoms with Crippen LogP contribution in [0.5, 0.6) is 11.8 Å². The number of nitrogens with zero attached hydrogens (tertiary/aromatic N) is 2. The van der Waals surface area contributed by atoms with Crippen molar-refractivity contribution in [3.05, 3.63) is 114 Å². The Morgan fingerprint density at radius 3 is 2.37 bits per heavy atom. The molecule has 1 heterocycles. The lowest BCUT2D eigenvalue weighted by atomic mass is 9.84. The summed E-state index contributed by atoms with van der Waals surface area (Å²) in [5.74, 6) is 0.0149. The summed E-state index contributed by atoms with van der Waals surface area (Å²) in [7, 11) is 0. The Hall–Kier alpha value is -4.06. The Bertz CT molecular complexity index is 1230. The monoisotopic (exact) mass is 468 g/mol. The van der Waals surface area contributed by atoms with Gasteiger partial charge in [0.15, 0.2) is 6.61 Å². The van der Waals surface area contributed by atoms with Crippen molar-refractivity contribution in [3.8, 4) is 11.8 Å². The molecule has 0 saturated carbocycles. The van der Waals surface area contributed by atoms with E-state index in [1.54, 1.807) is 6.20 Å². The molecule has 178 valence electrons. The van der Waals surface area contributed by atoms with Gasteiger partial charge in [-0.25, -0.2) is 9.78 Å². The molecule has 1 aliphatic carbocycles. The van der Waals surface area contributed by atoms with Gasteiger partial charge in [-0.2, -0.15) is 0 Å². The van der Waals surface area contributed by atoms with Crippen molar-refractivity contribution in [1.29, 1.82) is 0 Å². The number of benzene rings is 3. The molecule has 0 fully saturated rings. The molecule has 1 aromatic heterocycles. The lowest BCUT2D eigenvalue weighted by Crippen LogP contribution is -2.22. The van der Waals surface area contributed by atoms with Crippen molar-refractivity contribution < 1.29 is 19.4 Å². The number of imidazole rings is 1. The number of hydrogen-bond acceptors (Lipinski definition) is 4. The average molecular weight is 469 g/mol. The highest BCUT2D eigenvalue weighted by Crippen LogP contribution is 2.32. The van der Waals surface area contributed by atoms with Crippen molar-refractivity contribution in [2.75, 3.05) is 13.2 Å². The Labute approximate surface area is 204 Å². The summed E-state index contributed by atoms with van der Waals surface area (Å²) < 4.78 is 13.7. The van der Waals surface area contributed by atoms with Gasteiger partial charge in [0.05, 0.1) is 12.6 Å². The van der Waals surface area contributed by atoms with E-state index in [-0.39, 0.29) is 12.6 Å². The van der Waals surface area contributed by atoms with E-state index in [9.17, 15) is 4.79 Å². The number of hydrogen-bond donors (Lipinski definition) is 1. The van der Waals surface area contributed by atoms with Gasteiger partial charge in [0.1, 0.15) is 5.75 Å². The van der Waals surface area contributed by atoms with Gasteiger partial charge >= 0.3 is 5.97 Å². The highest BCUT2D eigenvalue weighted by Gasteiger charge is 2.23. The van der Waals surface area contributed by atoms with Crippen molar-refractivity contribution in [3.63, 3.8) is 0 Å². The van der Waals surface area contributed by atoms with E-state index in [1.807, 2.05) is 36.5 Å². The van der Waals surface area contributed by atoms with Crippen molar-refractivity contribution in [2.45, 2.75) is 25.3 Å². The molecule has 1 unspecified atom stereocenters. The minimum atomic E-state index is -0.972. The van der Waals surface area contributed by atoms with Crippen LogP contribution in [0.3, 0.4) is 0 Å². The summed E-state index contributed by atoms with van der Waals surface area (Å²) in [6.45, 7) is 0.263. The maximum Gasteiger partial charge on any atom is 0.341 e. The largest absolute Gasteiger partial charge is 0.482 e. The maximum absolute atomic E-state index is 10.8. The molecule has 35 heavy (non-hydrogen) atoms. The van der Waals surface area contributed by atoms with E-state index in [1.165, 1.54) is 22.3 Å².